The summed E-state index contributed by atoms with van der Waals surface area (Å²) in [6.07, 6.45) is 9.76. The minimum absolute atomic E-state index is 0.315. The molecule has 0 fully saturated rings. The summed E-state index contributed by atoms with van der Waals surface area (Å²) in [5.74, 6) is 0.448. The Hall–Kier alpha value is -1.52. The Labute approximate surface area is 122 Å². The molecule has 0 aliphatic heterocycles. The van der Waals surface area contributed by atoms with Crippen LogP contribution in [0.1, 0.15) is 53.4 Å². The summed E-state index contributed by atoms with van der Waals surface area (Å²) in [5.41, 5.74) is 1.86. The second kappa shape index (κ2) is 7.93. The van der Waals surface area contributed by atoms with Crippen molar-refractivity contribution in [2.24, 2.45) is 5.92 Å². The Bertz CT molecular complexity index is 530. The average molecular weight is 273 g/mol. The molecule has 0 bridgehead atoms. The Morgan fingerprint density at radius 2 is 1.90 bits per heavy atom. The van der Waals surface area contributed by atoms with Crippen LogP contribution in [0.15, 0.2) is 28.8 Å². The maximum absolute atomic E-state index is 12.0. The minimum Gasteiger partial charge on any atom is -0.276 e. The van der Waals surface area contributed by atoms with Gasteiger partial charge in [-0.3, -0.25) is 9.16 Å². The molecule has 2 radical (unpaired) electrons. The Morgan fingerprint density at radius 1 is 1.30 bits per heavy atom. The molecule has 4 nitrogen and oxygen atoms in total. The van der Waals surface area contributed by atoms with Crippen molar-refractivity contribution in [2.45, 2.75) is 53.4 Å². The Kier molecular flexibility index (Phi) is 6.55. The lowest BCUT2D eigenvalue weighted by Gasteiger charge is -2.11. The van der Waals surface area contributed by atoms with Gasteiger partial charge in [0, 0.05) is 5.70 Å². The number of hydrogen-bond donors (Lipinski definition) is 0. The van der Waals surface area contributed by atoms with E-state index in [1.165, 1.54) is 16.5 Å². The molecule has 0 saturated heterocycles. The monoisotopic (exact) mass is 273 g/mol. The van der Waals surface area contributed by atoms with Gasteiger partial charge in [0.1, 0.15) is 6.33 Å². The molecule has 0 N–H and O–H groups in total. The van der Waals surface area contributed by atoms with Crippen molar-refractivity contribution in [3.05, 3.63) is 34.5 Å². The number of rotatable bonds is 7. The molecule has 0 unspecified atom stereocenters. The van der Waals surface area contributed by atoms with Crippen LogP contribution in [0.5, 0.6) is 0 Å². The first kappa shape index (κ1) is 16.5. The molecule has 5 heteroatoms. The summed E-state index contributed by atoms with van der Waals surface area (Å²) in [4.78, 5) is 12.0. The first-order valence-electron chi connectivity index (χ1n) is 7.40. The van der Waals surface area contributed by atoms with Crippen LogP contribution in [0, 0.1) is 5.92 Å². The van der Waals surface area contributed by atoms with Crippen LogP contribution in [0.3, 0.4) is 0 Å². The quantitative estimate of drug-likeness (QED) is 0.566. The van der Waals surface area contributed by atoms with Gasteiger partial charge in [-0.2, -0.15) is 5.10 Å². The standard InChI is InChI=1S/C15H24BN3O/c1-5-12(6-2)9-14(10-13(7-3)8-4)18-11-17-19(16)15(18)20/h9-12H,5-8H2,1-4H3/b14-9+. The average Bonchev–Trinajstić information content (AvgIpc) is 2.80. The van der Waals surface area contributed by atoms with E-state index in [1.807, 2.05) is 0 Å². The summed E-state index contributed by atoms with van der Waals surface area (Å²) in [7, 11) is 5.49. The van der Waals surface area contributed by atoms with E-state index in [2.05, 4.69) is 44.9 Å². The SMILES string of the molecule is [B]n1ncn(/C(C=C(CC)CC)=C/C(CC)CC)c1=O. The van der Waals surface area contributed by atoms with Gasteiger partial charge in [0.2, 0.25) is 0 Å². The molecular weight excluding hydrogens is 249 g/mol. The van der Waals surface area contributed by atoms with Crippen LogP contribution in [0.25, 0.3) is 5.70 Å². The Balaban J connectivity index is 3.31. The van der Waals surface area contributed by atoms with Crippen LogP contribution in [-0.4, -0.2) is 22.2 Å². The molecule has 0 aromatic carbocycles. The zero-order valence-corrected chi connectivity index (χ0v) is 13.0. The van der Waals surface area contributed by atoms with Crippen molar-refractivity contribution in [1.82, 2.24) is 14.3 Å². The molecule has 0 amide bonds. The van der Waals surface area contributed by atoms with E-state index in [0.29, 0.717) is 5.92 Å². The lowest BCUT2D eigenvalue weighted by atomic mass is 10.0. The fourth-order valence-electron chi connectivity index (χ4n) is 2.12. The van der Waals surface area contributed by atoms with E-state index in [4.69, 9.17) is 7.98 Å². The van der Waals surface area contributed by atoms with E-state index in [-0.39, 0.29) is 5.69 Å². The van der Waals surface area contributed by atoms with Crippen molar-refractivity contribution in [3.8, 4) is 0 Å². The number of hydrogen-bond acceptors (Lipinski definition) is 2. The normalized spacial score (nSPS) is 11.9. The molecule has 1 aromatic rings. The van der Waals surface area contributed by atoms with Gasteiger partial charge in [-0.15, -0.1) is 0 Å². The van der Waals surface area contributed by atoms with Crippen LogP contribution in [-0.2, 0) is 0 Å². The van der Waals surface area contributed by atoms with Gasteiger partial charge >= 0.3 is 5.69 Å². The van der Waals surface area contributed by atoms with Crippen molar-refractivity contribution >= 4 is 13.7 Å². The summed E-state index contributed by atoms with van der Waals surface area (Å²) in [6.45, 7) is 8.56. The zero-order chi connectivity index (χ0) is 15.1. The molecule has 20 heavy (non-hydrogen) atoms. The third kappa shape index (κ3) is 3.99. The summed E-state index contributed by atoms with van der Waals surface area (Å²) in [5, 5.41) is 3.83. The molecule has 1 aromatic heterocycles. The van der Waals surface area contributed by atoms with Gasteiger partial charge < -0.3 is 0 Å². The molecule has 0 aliphatic carbocycles. The van der Waals surface area contributed by atoms with Crippen LogP contribution < -0.4 is 5.69 Å². The third-order valence-electron chi connectivity index (χ3n) is 3.69. The van der Waals surface area contributed by atoms with E-state index in [9.17, 15) is 4.79 Å². The van der Waals surface area contributed by atoms with Gasteiger partial charge in [0.05, 0.1) is 0 Å². The maximum Gasteiger partial charge on any atom is 0.336 e. The number of allylic oxidation sites excluding steroid dienone is 4. The second-order valence-corrected chi connectivity index (χ2v) is 4.91. The molecule has 0 aliphatic rings. The molecular formula is C15H24BN3O. The van der Waals surface area contributed by atoms with Crippen LogP contribution >= 0.6 is 0 Å². The van der Waals surface area contributed by atoms with Crippen molar-refractivity contribution in [2.75, 3.05) is 0 Å². The van der Waals surface area contributed by atoms with E-state index >= 15 is 0 Å². The molecule has 0 spiro atoms. The molecule has 0 atom stereocenters. The van der Waals surface area contributed by atoms with Crippen LogP contribution in [0.2, 0.25) is 0 Å². The first-order valence-corrected chi connectivity index (χ1v) is 7.40. The van der Waals surface area contributed by atoms with Crippen molar-refractivity contribution in [1.29, 1.82) is 0 Å². The lowest BCUT2D eigenvalue weighted by molar-refractivity contribution is 0.605. The second-order valence-electron chi connectivity index (χ2n) is 4.91. The van der Waals surface area contributed by atoms with E-state index in [1.54, 1.807) is 0 Å². The highest BCUT2D eigenvalue weighted by molar-refractivity contribution is 6.05. The maximum atomic E-state index is 12.0. The summed E-state index contributed by atoms with van der Waals surface area (Å²) >= 11 is 0. The number of nitrogens with zero attached hydrogens (tertiary/aromatic N) is 3. The minimum atomic E-state index is -0.315. The highest BCUT2D eigenvalue weighted by Crippen LogP contribution is 2.18. The predicted molar refractivity (Wildman–Crippen MR) is 84.6 cm³/mol. The highest BCUT2D eigenvalue weighted by Gasteiger charge is 2.08. The number of aromatic nitrogens is 3. The van der Waals surface area contributed by atoms with Gasteiger partial charge in [-0.05, 0) is 37.7 Å². The van der Waals surface area contributed by atoms with E-state index in [0.717, 1.165) is 36.0 Å². The first-order chi connectivity index (χ1) is 9.57. The van der Waals surface area contributed by atoms with Crippen LogP contribution in [0.4, 0.5) is 0 Å². The topological polar surface area (TPSA) is 39.8 Å². The van der Waals surface area contributed by atoms with Gasteiger partial charge in [0.25, 0.3) is 7.98 Å². The Morgan fingerprint density at radius 3 is 2.30 bits per heavy atom. The fourth-order valence-corrected chi connectivity index (χ4v) is 2.12. The predicted octanol–water partition coefficient (Wildman–Crippen LogP) is 3.00. The van der Waals surface area contributed by atoms with Gasteiger partial charge in [0.15, 0.2) is 0 Å². The van der Waals surface area contributed by atoms with Crippen molar-refractivity contribution in [3.63, 3.8) is 0 Å². The molecule has 1 heterocycles. The van der Waals surface area contributed by atoms with E-state index < -0.39 is 0 Å². The highest BCUT2D eigenvalue weighted by atomic mass is 16.2. The van der Waals surface area contributed by atoms with Gasteiger partial charge in [-0.25, -0.2) is 4.79 Å². The smallest absolute Gasteiger partial charge is 0.276 e. The molecule has 108 valence electrons. The third-order valence-corrected chi connectivity index (χ3v) is 3.69. The molecule has 0 saturated carbocycles. The fraction of sp³-hybridized carbons (Fsp3) is 0.600. The lowest BCUT2D eigenvalue weighted by Crippen LogP contribution is -2.23. The zero-order valence-electron chi connectivity index (χ0n) is 13.0. The van der Waals surface area contributed by atoms with Gasteiger partial charge in [-0.1, -0.05) is 39.3 Å². The molecule has 1 rings (SSSR count). The summed E-state index contributed by atoms with van der Waals surface area (Å²) < 4.78 is 2.38. The largest absolute Gasteiger partial charge is 0.336 e. The van der Waals surface area contributed by atoms with Crippen molar-refractivity contribution < 1.29 is 0 Å². The summed E-state index contributed by atoms with van der Waals surface area (Å²) in [6, 6.07) is 0.